The number of hydrogen-bond donors (Lipinski definition) is 0. The van der Waals surface area contributed by atoms with Crippen LogP contribution >= 0.6 is 0 Å². The fraction of sp³-hybridized carbons (Fsp3) is 0.545. The molecule has 0 fully saturated rings. The lowest BCUT2D eigenvalue weighted by atomic mass is 10.1. The maximum absolute atomic E-state index is 11.7. The van der Waals surface area contributed by atoms with Gasteiger partial charge in [0.2, 0.25) is 0 Å². The highest BCUT2D eigenvalue weighted by molar-refractivity contribution is 5.92. The van der Waals surface area contributed by atoms with E-state index in [0.29, 0.717) is 17.4 Å². The average Bonchev–Trinajstić information content (AvgIpc) is 2.15. The van der Waals surface area contributed by atoms with Crippen molar-refractivity contribution in [2.24, 2.45) is 0 Å². The third kappa shape index (κ3) is 2.75. The van der Waals surface area contributed by atoms with Crippen molar-refractivity contribution in [1.29, 1.82) is 0 Å². The maximum Gasteiger partial charge on any atom is 0.272 e. The quantitative estimate of drug-likeness (QED) is 0.740. The fourth-order valence-electron chi connectivity index (χ4n) is 1.23. The van der Waals surface area contributed by atoms with Gasteiger partial charge in [0.1, 0.15) is 11.5 Å². The second-order valence-corrected chi connectivity index (χ2v) is 4.08. The van der Waals surface area contributed by atoms with E-state index in [1.54, 1.807) is 27.1 Å². The van der Waals surface area contributed by atoms with Crippen LogP contribution in [0.3, 0.4) is 0 Å². The van der Waals surface area contributed by atoms with E-state index in [2.05, 4.69) is 9.97 Å². The lowest BCUT2D eigenvalue weighted by Gasteiger charge is -2.12. The molecule has 0 aliphatic heterocycles. The van der Waals surface area contributed by atoms with Crippen molar-refractivity contribution in [2.75, 3.05) is 14.1 Å². The number of carbonyl (C=O) groups excluding carboxylic acids is 1. The van der Waals surface area contributed by atoms with Gasteiger partial charge >= 0.3 is 0 Å². The molecule has 4 nitrogen and oxygen atoms in total. The van der Waals surface area contributed by atoms with Gasteiger partial charge in [-0.1, -0.05) is 13.8 Å². The zero-order valence-corrected chi connectivity index (χ0v) is 9.90. The highest BCUT2D eigenvalue weighted by atomic mass is 16.2. The van der Waals surface area contributed by atoms with E-state index in [-0.39, 0.29) is 5.91 Å². The molecule has 0 saturated carbocycles. The summed E-state index contributed by atoms with van der Waals surface area (Å²) in [6.45, 7) is 5.90. The molecule has 1 amide bonds. The highest BCUT2D eigenvalue weighted by Gasteiger charge is 2.13. The first-order chi connectivity index (χ1) is 6.91. The van der Waals surface area contributed by atoms with E-state index in [1.165, 1.54) is 4.90 Å². The molecule has 0 aliphatic rings. The molecule has 1 heterocycles. The molecule has 1 aromatic rings. The van der Waals surface area contributed by atoms with Crippen LogP contribution in [0.5, 0.6) is 0 Å². The SMILES string of the molecule is Cc1nc(C(=O)N(C)C)cc(C(C)C)n1. The van der Waals surface area contributed by atoms with Crippen LogP contribution in [0.2, 0.25) is 0 Å². The van der Waals surface area contributed by atoms with Crippen LogP contribution in [-0.2, 0) is 0 Å². The molecule has 4 heteroatoms. The van der Waals surface area contributed by atoms with Crippen molar-refractivity contribution >= 4 is 5.91 Å². The normalized spacial score (nSPS) is 10.5. The molecule has 0 unspecified atom stereocenters. The van der Waals surface area contributed by atoms with E-state index < -0.39 is 0 Å². The van der Waals surface area contributed by atoms with Gasteiger partial charge in [-0.3, -0.25) is 4.79 Å². The molecule has 0 aromatic carbocycles. The number of amides is 1. The van der Waals surface area contributed by atoms with Crippen LogP contribution in [0, 0.1) is 6.92 Å². The molecule has 0 atom stereocenters. The third-order valence-electron chi connectivity index (χ3n) is 2.07. The molecule has 15 heavy (non-hydrogen) atoms. The van der Waals surface area contributed by atoms with Gasteiger partial charge in [0.15, 0.2) is 0 Å². The summed E-state index contributed by atoms with van der Waals surface area (Å²) in [5.41, 5.74) is 1.38. The molecule has 0 spiro atoms. The number of hydrogen-bond acceptors (Lipinski definition) is 3. The van der Waals surface area contributed by atoms with Gasteiger partial charge in [0, 0.05) is 19.8 Å². The summed E-state index contributed by atoms with van der Waals surface area (Å²) < 4.78 is 0. The van der Waals surface area contributed by atoms with Gasteiger partial charge in [-0.15, -0.1) is 0 Å². The van der Waals surface area contributed by atoms with Crippen molar-refractivity contribution in [3.63, 3.8) is 0 Å². The Morgan fingerprint density at radius 2 is 1.93 bits per heavy atom. The van der Waals surface area contributed by atoms with E-state index in [9.17, 15) is 4.79 Å². The van der Waals surface area contributed by atoms with E-state index in [1.807, 2.05) is 13.8 Å². The minimum Gasteiger partial charge on any atom is -0.343 e. The molecule has 0 bridgehead atoms. The Balaban J connectivity index is 3.14. The minimum absolute atomic E-state index is 0.0811. The van der Waals surface area contributed by atoms with Crippen LogP contribution in [0.15, 0.2) is 6.07 Å². The maximum atomic E-state index is 11.7. The largest absolute Gasteiger partial charge is 0.343 e. The average molecular weight is 207 g/mol. The molecule has 0 saturated heterocycles. The molecule has 0 N–H and O–H groups in total. The summed E-state index contributed by atoms with van der Waals surface area (Å²) in [5.74, 6) is 0.870. The van der Waals surface area contributed by atoms with Crippen LogP contribution in [-0.4, -0.2) is 34.9 Å². The summed E-state index contributed by atoms with van der Waals surface area (Å²) in [5, 5.41) is 0. The Bertz CT molecular complexity index is 372. The topological polar surface area (TPSA) is 46.1 Å². The first kappa shape index (κ1) is 11.6. The summed E-state index contributed by atoms with van der Waals surface area (Å²) in [6.07, 6.45) is 0. The monoisotopic (exact) mass is 207 g/mol. The van der Waals surface area contributed by atoms with Gasteiger partial charge in [-0.05, 0) is 18.9 Å². The van der Waals surface area contributed by atoms with E-state index in [0.717, 1.165) is 5.69 Å². The lowest BCUT2D eigenvalue weighted by molar-refractivity contribution is 0.0821. The van der Waals surface area contributed by atoms with Gasteiger partial charge < -0.3 is 4.90 Å². The van der Waals surface area contributed by atoms with E-state index in [4.69, 9.17) is 0 Å². The fourth-order valence-corrected chi connectivity index (χ4v) is 1.23. The van der Waals surface area contributed by atoms with Gasteiger partial charge in [0.25, 0.3) is 5.91 Å². The first-order valence-electron chi connectivity index (χ1n) is 4.99. The Morgan fingerprint density at radius 3 is 2.40 bits per heavy atom. The zero-order valence-electron chi connectivity index (χ0n) is 9.90. The van der Waals surface area contributed by atoms with Crippen LogP contribution in [0.4, 0.5) is 0 Å². The minimum atomic E-state index is -0.0811. The Labute approximate surface area is 90.3 Å². The third-order valence-corrected chi connectivity index (χ3v) is 2.07. The molecular formula is C11H17N3O. The first-order valence-corrected chi connectivity index (χ1v) is 4.99. The number of nitrogens with zero attached hydrogens (tertiary/aromatic N) is 3. The van der Waals surface area contributed by atoms with Gasteiger partial charge in [-0.25, -0.2) is 9.97 Å². The second kappa shape index (κ2) is 4.38. The second-order valence-electron chi connectivity index (χ2n) is 4.08. The Kier molecular flexibility index (Phi) is 3.39. The summed E-state index contributed by atoms with van der Waals surface area (Å²) in [7, 11) is 3.43. The van der Waals surface area contributed by atoms with Crippen molar-refractivity contribution in [3.05, 3.63) is 23.3 Å². The van der Waals surface area contributed by atoms with E-state index >= 15 is 0 Å². The molecule has 1 rings (SSSR count). The number of carbonyl (C=O) groups is 1. The highest BCUT2D eigenvalue weighted by Crippen LogP contribution is 2.13. The van der Waals surface area contributed by atoms with Crippen LogP contribution in [0.25, 0.3) is 0 Å². The smallest absolute Gasteiger partial charge is 0.272 e. The van der Waals surface area contributed by atoms with Crippen molar-refractivity contribution < 1.29 is 4.79 Å². The molecular weight excluding hydrogens is 190 g/mol. The van der Waals surface area contributed by atoms with Crippen molar-refractivity contribution in [1.82, 2.24) is 14.9 Å². The Hall–Kier alpha value is -1.45. The van der Waals surface area contributed by atoms with Crippen LogP contribution in [0.1, 0.15) is 41.8 Å². The molecule has 82 valence electrons. The van der Waals surface area contributed by atoms with Gasteiger partial charge in [0.05, 0.1) is 0 Å². The molecule has 0 radical (unpaired) electrons. The Morgan fingerprint density at radius 1 is 1.33 bits per heavy atom. The molecule has 1 aromatic heterocycles. The van der Waals surface area contributed by atoms with Crippen molar-refractivity contribution in [2.45, 2.75) is 26.7 Å². The summed E-state index contributed by atoms with van der Waals surface area (Å²) in [4.78, 5) is 21.7. The molecule has 0 aliphatic carbocycles. The lowest BCUT2D eigenvalue weighted by Crippen LogP contribution is -2.23. The summed E-state index contributed by atoms with van der Waals surface area (Å²) >= 11 is 0. The number of aryl methyl sites for hydroxylation is 1. The summed E-state index contributed by atoms with van der Waals surface area (Å²) in [6, 6.07) is 1.76. The van der Waals surface area contributed by atoms with Crippen molar-refractivity contribution in [3.8, 4) is 0 Å². The standard InChI is InChI=1S/C11H17N3O/c1-7(2)9-6-10(11(15)14(4)5)13-8(3)12-9/h6-7H,1-5H3. The predicted octanol–water partition coefficient (Wildman–Crippen LogP) is 1.61. The number of aromatic nitrogens is 2. The van der Waals surface area contributed by atoms with Crippen LogP contribution < -0.4 is 0 Å². The zero-order chi connectivity index (χ0) is 11.6. The van der Waals surface area contributed by atoms with Gasteiger partial charge in [-0.2, -0.15) is 0 Å². The number of rotatable bonds is 2. The predicted molar refractivity (Wildman–Crippen MR) is 58.9 cm³/mol.